The van der Waals surface area contributed by atoms with E-state index in [0.717, 1.165) is 11.1 Å². The molecular weight excluding hydrogens is 186 g/mol. The van der Waals surface area contributed by atoms with Gasteiger partial charge >= 0.3 is 0 Å². The Morgan fingerprint density at radius 3 is 2.08 bits per heavy atom. The lowest BCUT2D eigenvalue weighted by Crippen LogP contribution is -2.05. The fourth-order valence-electron chi connectivity index (χ4n) is 1.02. The van der Waals surface area contributed by atoms with Crippen LogP contribution in [0.2, 0.25) is 0 Å². The summed E-state index contributed by atoms with van der Waals surface area (Å²) >= 11 is 0. The number of Topliss-reactive ketones (excluding diaryl/α,β-unsaturated/α-hetero) is 1. The molecule has 1 atom stereocenters. The number of benzene rings is 1. The van der Waals surface area contributed by atoms with Crippen molar-refractivity contribution < 1.29 is 4.79 Å². The molecule has 3 heteroatoms. The minimum atomic E-state index is 0. The van der Waals surface area contributed by atoms with Crippen LogP contribution < -0.4 is 5.73 Å². The van der Waals surface area contributed by atoms with Crippen molar-refractivity contribution in [3.8, 4) is 0 Å². The van der Waals surface area contributed by atoms with Crippen LogP contribution in [0.3, 0.4) is 0 Å². The second-order valence-corrected chi connectivity index (χ2v) is 2.97. The highest BCUT2D eigenvalue weighted by Gasteiger charge is 2.00. The van der Waals surface area contributed by atoms with E-state index in [0.29, 0.717) is 0 Å². The van der Waals surface area contributed by atoms with Crippen LogP contribution in [0.4, 0.5) is 0 Å². The lowest BCUT2D eigenvalue weighted by molar-refractivity contribution is 0.101. The average Bonchev–Trinajstić information content (AvgIpc) is 2.04. The molecule has 1 unspecified atom stereocenters. The summed E-state index contributed by atoms with van der Waals surface area (Å²) in [6, 6.07) is 7.43. The standard InChI is InChI=1S/C10H13NO.ClH/c1-7(11)9-3-5-10(6-4-9)8(2)12;/h3-7H,11H2,1-2H3;1H. The summed E-state index contributed by atoms with van der Waals surface area (Å²) in [6.45, 7) is 3.48. The van der Waals surface area contributed by atoms with Crippen LogP contribution in [0.1, 0.15) is 35.8 Å². The van der Waals surface area contributed by atoms with E-state index in [2.05, 4.69) is 0 Å². The Hall–Kier alpha value is -0.860. The Bertz CT molecular complexity index is 279. The molecular formula is C10H14ClNO. The third-order valence-electron chi connectivity index (χ3n) is 1.84. The molecule has 0 aliphatic rings. The van der Waals surface area contributed by atoms with Gasteiger partial charge in [0.05, 0.1) is 0 Å². The minimum Gasteiger partial charge on any atom is -0.324 e. The predicted octanol–water partition coefficient (Wildman–Crippen LogP) is 2.33. The first-order valence-corrected chi connectivity index (χ1v) is 3.97. The van der Waals surface area contributed by atoms with Gasteiger partial charge in [-0.15, -0.1) is 12.4 Å². The van der Waals surface area contributed by atoms with Gasteiger partial charge in [-0.25, -0.2) is 0 Å². The zero-order valence-electron chi connectivity index (χ0n) is 7.78. The van der Waals surface area contributed by atoms with E-state index in [-0.39, 0.29) is 24.2 Å². The zero-order chi connectivity index (χ0) is 9.14. The van der Waals surface area contributed by atoms with Gasteiger partial charge in [0.2, 0.25) is 0 Å². The van der Waals surface area contributed by atoms with Crippen LogP contribution in [0.25, 0.3) is 0 Å². The first-order chi connectivity index (χ1) is 5.61. The number of hydrogen-bond acceptors (Lipinski definition) is 2. The number of carbonyl (C=O) groups excluding carboxylic acids is 1. The summed E-state index contributed by atoms with van der Waals surface area (Å²) in [6.07, 6.45) is 0. The molecule has 0 amide bonds. The summed E-state index contributed by atoms with van der Waals surface area (Å²) in [5.74, 6) is 0.0891. The van der Waals surface area contributed by atoms with Crippen molar-refractivity contribution in [3.05, 3.63) is 35.4 Å². The number of hydrogen-bond donors (Lipinski definition) is 1. The molecule has 0 aliphatic carbocycles. The number of carbonyl (C=O) groups is 1. The third-order valence-corrected chi connectivity index (χ3v) is 1.84. The van der Waals surface area contributed by atoms with Crippen LogP contribution in [-0.4, -0.2) is 5.78 Å². The van der Waals surface area contributed by atoms with Crippen molar-refractivity contribution in [2.45, 2.75) is 19.9 Å². The molecule has 1 aromatic carbocycles. The summed E-state index contributed by atoms with van der Waals surface area (Å²) < 4.78 is 0. The molecule has 13 heavy (non-hydrogen) atoms. The largest absolute Gasteiger partial charge is 0.324 e. The van der Waals surface area contributed by atoms with Crippen LogP contribution >= 0.6 is 12.4 Å². The van der Waals surface area contributed by atoms with Crippen molar-refractivity contribution in [1.29, 1.82) is 0 Å². The molecule has 0 bridgehead atoms. The normalized spacial score (nSPS) is 11.6. The Morgan fingerprint density at radius 2 is 1.77 bits per heavy atom. The molecule has 0 saturated carbocycles. The first-order valence-electron chi connectivity index (χ1n) is 3.97. The summed E-state index contributed by atoms with van der Waals surface area (Å²) in [5, 5.41) is 0. The highest BCUT2D eigenvalue weighted by molar-refractivity contribution is 5.94. The van der Waals surface area contributed by atoms with Gasteiger partial charge in [0.25, 0.3) is 0 Å². The van der Waals surface area contributed by atoms with Gasteiger partial charge in [-0.2, -0.15) is 0 Å². The Labute approximate surface area is 84.5 Å². The molecule has 0 heterocycles. The monoisotopic (exact) mass is 199 g/mol. The van der Waals surface area contributed by atoms with Gasteiger partial charge in [-0.1, -0.05) is 24.3 Å². The summed E-state index contributed by atoms with van der Waals surface area (Å²) in [5.41, 5.74) is 7.45. The quantitative estimate of drug-likeness (QED) is 0.743. The lowest BCUT2D eigenvalue weighted by atomic mass is 10.1. The van der Waals surface area contributed by atoms with Crippen molar-refractivity contribution in [2.24, 2.45) is 5.73 Å². The van der Waals surface area contributed by atoms with Gasteiger partial charge in [-0.3, -0.25) is 4.79 Å². The average molecular weight is 200 g/mol. The van der Waals surface area contributed by atoms with Crippen molar-refractivity contribution in [3.63, 3.8) is 0 Å². The molecule has 0 saturated heterocycles. The SMILES string of the molecule is CC(=O)c1ccc(C(C)N)cc1.Cl. The Morgan fingerprint density at radius 1 is 1.31 bits per heavy atom. The van der Waals surface area contributed by atoms with E-state index in [1.165, 1.54) is 0 Å². The van der Waals surface area contributed by atoms with E-state index in [4.69, 9.17) is 5.73 Å². The molecule has 0 radical (unpaired) electrons. The maximum atomic E-state index is 10.9. The lowest BCUT2D eigenvalue weighted by Gasteiger charge is -2.04. The molecule has 0 aromatic heterocycles. The number of nitrogens with two attached hydrogens (primary N) is 1. The Kier molecular flexibility index (Phi) is 4.67. The van der Waals surface area contributed by atoms with Gasteiger partial charge in [0.1, 0.15) is 0 Å². The van der Waals surface area contributed by atoms with Crippen LogP contribution in [0.15, 0.2) is 24.3 Å². The fourth-order valence-corrected chi connectivity index (χ4v) is 1.02. The molecule has 0 aliphatic heterocycles. The topological polar surface area (TPSA) is 43.1 Å². The minimum absolute atomic E-state index is 0. The fraction of sp³-hybridized carbons (Fsp3) is 0.300. The van der Waals surface area contributed by atoms with Gasteiger partial charge < -0.3 is 5.73 Å². The summed E-state index contributed by atoms with van der Waals surface area (Å²) in [7, 11) is 0. The zero-order valence-corrected chi connectivity index (χ0v) is 8.60. The molecule has 72 valence electrons. The maximum Gasteiger partial charge on any atom is 0.159 e. The second-order valence-electron chi connectivity index (χ2n) is 2.97. The second kappa shape index (κ2) is 5.00. The van der Waals surface area contributed by atoms with E-state index < -0.39 is 0 Å². The maximum absolute atomic E-state index is 10.9. The van der Waals surface area contributed by atoms with Crippen molar-refractivity contribution >= 4 is 18.2 Å². The van der Waals surface area contributed by atoms with Gasteiger partial charge in [0.15, 0.2) is 5.78 Å². The highest BCUT2D eigenvalue weighted by atomic mass is 35.5. The van der Waals surface area contributed by atoms with Crippen LogP contribution in [0.5, 0.6) is 0 Å². The predicted molar refractivity (Wildman–Crippen MR) is 56.3 cm³/mol. The van der Waals surface area contributed by atoms with Crippen molar-refractivity contribution in [1.82, 2.24) is 0 Å². The highest BCUT2D eigenvalue weighted by Crippen LogP contribution is 2.10. The third kappa shape index (κ3) is 3.17. The Balaban J connectivity index is 0.00000144. The van der Waals surface area contributed by atoms with Crippen molar-refractivity contribution in [2.75, 3.05) is 0 Å². The van der Waals surface area contributed by atoms with Crippen LogP contribution in [-0.2, 0) is 0 Å². The van der Waals surface area contributed by atoms with Gasteiger partial charge in [0, 0.05) is 11.6 Å². The van der Waals surface area contributed by atoms with E-state index in [9.17, 15) is 4.79 Å². The van der Waals surface area contributed by atoms with Gasteiger partial charge in [-0.05, 0) is 19.4 Å². The molecule has 2 nitrogen and oxygen atoms in total. The summed E-state index contributed by atoms with van der Waals surface area (Å²) in [4.78, 5) is 10.9. The molecule has 2 N–H and O–H groups in total. The molecule has 0 spiro atoms. The van der Waals surface area contributed by atoms with E-state index in [1.807, 2.05) is 19.1 Å². The molecule has 0 fully saturated rings. The molecule has 1 rings (SSSR count). The molecule has 1 aromatic rings. The van der Waals surface area contributed by atoms with E-state index >= 15 is 0 Å². The smallest absolute Gasteiger partial charge is 0.159 e. The number of halogens is 1. The van der Waals surface area contributed by atoms with E-state index in [1.54, 1.807) is 19.1 Å². The number of ketones is 1. The number of rotatable bonds is 2. The van der Waals surface area contributed by atoms with Crippen LogP contribution in [0, 0.1) is 0 Å². The first kappa shape index (κ1) is 12.1.